The van der Waals surface area contributed by atoms with Gasteiger partial charge < -0.3 is 16.0 Å². The van der Waals surface area contributed by atoms with E-state index in [1.54, 1.807) is 12.3 Å². The van der Waals surface area contributed by atoms with Gasteiger partial charge in [-0.3, -0.25) is 19.3 Å². The molecule has 0 bridgehead atoms. The summed E-state index contributed by atoms with van der Waals surface area (Å²) in [6.07, 6.45) is 2.57. The van der Waals surface area contributed by atoms with Gasteiger partial charge in [-0.05, 0) is 48.7 Å². The van der Waals surface area contributed by atoms with E-state index in [-0.39, 0.29) is 22.9 Å². The Morgan fingerprint density at radius 2 is 1.91 bits per heavy atom. The lowest BCUT2D eigenvalue weighted by Crippen LogP contribution is -2.21. The van der Waals surface area contributed by atoms with Crippen molar-refractivity contribution in [2.75, 3.05) is 23.3 Å². The molecule has 2 aromatic heterocycles. The first-order valence-corrected chi connectivity index (χ1v) is 11.5. The molecule has 2 amide bonds. The van der Waals surface area contributed by atoms with Crippen molar-refractivity contribution in [3.63, 3.8) is 0 Å². The first-order chi connectivity index (χ1) is 16.0. The fourth-order valence-electron chi connectivity index (χ4n) is 4.64. The molecule has 8 nitrogen and oxygen atoms in total. The second-order valence-corrected chi connectivity index (χ2v) is 10.0. The Labute approximate surface area is 200 Å². The van der Waals surface area contributed by atoms with Crippen molar-refractivity contribution < 1.29 is 9.59 Å². The summed E-state index contributed by atoms with van der Waals surface area (Å²) in [6.45, 7) is 10.1. The molecule has 8 heteroatoms. The molecule has 1 atom stereocenters. The van der Waals surface area contributed by atoms with Crippen LogP contribution in [0.3, 0.4) is 0 Å². The van der Waals surface area contributed by atoms with E-state index in [1.807, 2.05) is 42.1 Å². The second kappa shape index (κ2) is 8.93. The highest BCUT2D eigenvalue weighted by atomic mass is 16.2. The van der Waals surface area contributed by atoms with Gasteiger partial charge in [0.15, 0.2) is 5.82 Å². The average Bonchev–Trinajstić information content (AvgIpc) is 3.41. The summed E-state index contributed by atoms with van der Waals surface area (Å²) in [7, 11) is 1.89. The van der Waals surface area contributed by atoms with Crippen molar-refractivity contribution >= 4 is 23.3 Å². The number of rotatable bonds is 5. The minimum Gasteiger partial charge on any atom is -0.371 e. The molecular formula is C26H32N6O2. The normalized spacial score (nSPS) is 16.0. The number of nitrogens with two attached hydrogens (primary N) is 1. The predicted octanol–water partition coefficient (Wildman–Crippen LogP) is 3.77. The SMILES string of the molecule is Cc1ccc(C(=O)Nc2cc(C(C)(C)C)n(C)n2)cc1C1CCN(c2ccnc(C(N)=O)c2)C1. The fourth-order valence-corrected chi connectivity index (χ4v) is 4.64. The lowest BCUT2D eigenvalue weighted by Gasteiger charge is -2.20. The van der Waals surface area contributed by atoms with Gasteiger partial charge in [0, 0.05) is 60.7 Å². The lowest BCUT2D eigenvalue weighted by atomic mass is 9.92. The molecule has 1 fully saturated rings. The van der Waals surface area contributed by atoms with Crippen LogP contribution in [0.2, 0.25) is 0 Å². The van der Waals surface area contributed by atoms with Crippen LogP contribution in [0.4, 0.5) is 11.5 Å². The molecule has 34 heavy (non-hydrogen) atoms. The summed E-state index contributed by atoms with van der Waals surface area (Å²) >= 11 is 0. The van der Waals surface area contributed by atoms with Gasteiger partial charge >= 0.3 is 0 Å². The number of benzene rings is 1. The highest BCUT2D eigenvalue weighted by Gasteiger charge is 2.27. The average molecular weight is 461 g/mol. The number of nitrogens with one attached hydrogen (secondary N) is 1. The molecule has 3 aromatic rings. The molecule has 1 aliphatic rings. The van der Waals surface area contributed by atoms with Crippen LogP contribution in [0, 0.1) is 6.92 Å². The van der Waals surface area contributed by atoms with E-state index in [0.29, 0.717) is 11.4 Å². The summed E-state index contributed by atoms with van der Waals surface area (Å²) in [5.41, 5.74) is 10.5. The van der Waals surface area contributed by atoms with Crippen molar-refractivity contribution in [2.45, 2.75) is 45.4 Å². The van der Waals surface area contributed by atoms with Crippen LogP contribution < -0.4 is 16.0 Å². The molecule has 0 saturated carbocycles. The van der Waals surface area contributed by atoms with Crippen LogP contribution >= 0.6 is 0 Å². The number of amides is 2. The Morgan fingerprint density at radius 3 is 2.59 bits per heavy atom. The number of hydrogen-bond donors (Lipinski definition) is 2. The summed E-state index contributed by atoms with van der Waals surface area (Å²) in [5, 5.41) is 7.41. The molecule has 0 radical (unpaired) electrons. The van der Waals surface area contributed by atoms with Crippen LogP contribution in [0.5, 0.6) is 0 Å². The number of anilines is 2. The highest BCUT2D eigenvalue weighted by molar-refractivity contribution is 6.04. The number of nitrogens with zero attached hydrogens (tertiary/aromatic N) is 4. The molecule has 0 aliphatic carbocycles. The Bertz CT molecular complexity index is 1240. The van der Waals surface area contributed by atoms with Crippen LogP contribution in [-0.2, 0) is 12.5 Å². The van der Waals surface area contributed by atoms with E-state index in [4.69, 9.17) is 5.73 Å². The van der Waals surface area contributed by atoms with E-state index < -0.39 is 5.91 Å². The van der Waals surface area contributed by atoms with Crippen molar-refractivity contribution in [2.24, 2.45) is 12.8 Å². The molecule has 4 rings (SSSR count). The molecule has 1 aliphatic heterocycles. The molecule has 1 aromatic carbocycles. The third-order valence-corrected chi connectivity index (χ3v) is 6.42. The van der Waals surface area contributed by atoms with Gasteiger partial charge in [-0.1, -0.05) is 26.8 Å². The number of pyridine rings is 1. The van der Waals surface area contributed by atoms with E-state index in [1.165, 1.54) is 0 Å². The zero-order valence-corrected chi connectivity index (χ0v) is 20.4. The first kappa shape index (κ1) is 23.5. The fraction of sp³-hybridized carbons (Fsp3) is 0.385. The zero-order chi connectivity index (χ0) is 24.6. The van der Waals surface area contributed by atoms with Gasteiger partial charge in [-0.15, -0.1) is 0 Å². The third kappa shape index (κ3) is 4.81. The number of aryl methyl sites for hydroxylation is 2. The van der Waals surface area contributed by atoms with Gasteiger partial charge in [0.1, 0.15) is 5.69 Å². The van der Waals surface area contributed by atoms with E-state index >= 15 is 0 Å². The van der Waals surface area contributed by atoms with Crippen molar-refractivity contribution in [3.05, 3.63) is 70.7 Å². The number of aromatic nitrogens is 3. The Hall–Kier alpha value is -3.68. The second-order valence-electron chi connectivity index (χ2n) is 10.0. The van der Waals surface area contributed by atoms with Crippen LogP contribution in [0.1, 0.15) is 70.8 Å². The van der Waals surface area contributed by atoms with Crippen LogP contribution in [0.15, 0.2) is 42.6 Å². The Morgan fingerprint density at radius 1 is 1.15 bits per heavy atom. The van der Waals surface area contributed by atoms with E-state index in [0.717, 1.165) is 42.0 Å². The molecule has 3 N–H and O–H groups in total. The monoisotopic (exact) mass is 460 g/mol. The smallest absolute Gasteiger partial charge is 0.267 e. The molecule has 1 unspecified atom stereocenters. The first-order valence-electron chi connectivity index (χ1n) is 11.5. The summed E-state index contributed by atoms with van der Waals surface area (Å²) < 4.78 is 1.81. The third-order valence-electron chi connectivity index (χ3n) is 6.42. The minimum atomic E-state index is -0.533. The van der Waals surface area contributed by atoms with Crippen LogP contribution in [-0.4, -0.2) is 39.7 Å². The number of carbonyl (C=O) groups is 2. The standard InChI is InChI=1S/C26H32N6O2/c1-16-6-7-17(25(34)29-23-14-22(26(2,3)4)31(5)30-23)12-20(16)18-9-11-32(15-18)19-8-10-28-21(13-19)24(27)33/h6-8,10,12-14,18H,9,11,15H2,1-5H3,(H2,27,33)(H,29,30,34). The Kier molecular flexibility index (Phi) is 6.17. The highest BCUT2D eigenvalue weighted by Crippen LogP contribution is 2.33. The van der Waals surface area contributed by atoms with Gasteiger partial charge in [0.2, 0.25) is 0 Å². The molecule has 0 spiro atoms. The van der Waals surface area contributed by atoms with Gasteiger partial charge in [-0.2, -0.15) is 5.10 Å². The van der Waals surface area contributed by atoms with Crippen molar-refractivity contribution in [1.82, 2.24) is 14.8 Å². The number of primary amides is 1. The van der Waals surface area contributed by atoms with Gasteiger partial charge in [0.05, 0.1) is 0 Å². The quantitative estimate of drug-likeness (QED) is 0.603. The predicted molar refractivity (Wildman–Crippen MR) is 133 cm³/mol. The molecular weight excluding hydrogens is 428 g/mol. The summed E-state index contributed by atoms with van der Waals surface area (Å²) in [4.78, 5) is 30.8. The zero-order valence-electron chi connectivity index (χ0n) is 20.4. The van der Waals surface area contributed by atoms with E-state index in [2.05, 4.69) is 48.0 Å². The minimum absolute atomic E-state index is 0.0663. The van der Waals surface area contributed by atoms with Crippen LogP contribution in [0.25, 0.3) is 0 Å². The maximum Gasteiger partial charge on any atom is 0.267 e. The maximum absolute atomic E-state index is 13.0. The van der Waals surface area contributed by atoms with Gasteiger partial charge in [0.25, 0.3) is 11.8 Å². The van der Waals surface area contributed by atoms with Gasteiger partial charge in [-0.25, -0.2) is 0 Å². The largest absolute Gasteiger partial charge is 0.371 e. The van der Waals surface area contributed by atoms with Crippen molar-refractivity contribution in [1.29, 1.82) is 0 Å². The van der Waals surface area contributed by atoms with Crippen molar-refractivity contribution in [3.8, 4) is 0 Å². The number of carbonyl (C=O) groups excluding carboxylic acids is 2. The van der Waals surface area contributed by atoms with E-state index in [9.17, 15) is 9.59 Å². The Balaban J connectivity index is 1.51. The maximum atomic E-state index is 13.0. The molecule has 178 valence electrons. The molecule has 3 heterocycles. The topological polar surface area (TPSA) is 106 Å². The number of hydrogen-bond acceptors (Lipinski definition) is 5. The lowest BCUT2D eigenvalue weighted by molar-refractivity contribution is 0.0993. The summed E-state index contributed by atoms with van der Waals surface area (Å²) in [5.74, 6) is 0.124. The summed E-state index contributed by atoms with van der Waals surface area (Å²) in [6, 6.07) is 11.4. The molecule has 1 saturated heterocycles.